The molecule has 11 heteroatoms. The largest absolute Gasteiger partial charge is 0.490 e. The summed E-state index contributed by atoms with van der Waals surface area (Å²) < 4.78 is 85.0. The first-order valence-electron chi connectivity index (χ1n) is 9.83. The molecule has 0 saturated carbocycles. The zero-order chi connectivity index (χ0) is 24.2. The van der Waals surface area contributed by atoms with Crippen molar-refractivity contribution < 1.29 is 40.6 Å². The Bertz CT molecular complexity index is 975. The number of likely N-dealkylation sites (tertiary alicyclic amines) is 1. The number of ether oxygens (including phenoxy) is 2. The van der Waals surface area contributed by atoms with E-state index in [4.69, 9.17) is 10.00 Å². The van der Waals surface area contributed by atoms with Crippen LogP contribution in [0.2, 0.25) is 0 Å². The summed E-state index contributed by atoms with van der Waals surface area (Å²) in [6.07, 6.45) is -17.3. The van der Waals surface area contributed by atoms with Crippen molar-refractivity contribution in [3.63, 3.8) is 0 Å². The fraction of sp³-hybridized carbons (Fsp3) is 0.364. The molecule has 1 amide bonds. The third-order valence-corrected chi connectivity index (χ3v) is 5.02. The number of nitriles is 1. The van der Waals surface area contributed by atoms with Crippen LogP contribution in [-0.2, 0) is 4.74 Å². The van der Waals surface area contributed by atoms with Crippen molar-refractivity contribution in [1.82, 2.24) is 4.90 Å². The van der Waals surface area contributed by atoms with Crippen LogP contribution in [0.4, 0.5) is 31.1 Å². The molecule has 0 N–H and O–H groups in total. The van der Waals surface area contributed by atoms with Crippen molar-refractivity contribution in [2.75, 3.05) is 13.1 Å². The number of amides is 1. The summed E-state index contributed by atoms with van der Waals surface area (Å²) in [6, 6.07) is 16.1. The number of rotatable bonds is 4. The summed E-state index contributed by atoms with van der Waals surface area (Å²) in [4.78, 5) is 12.6. The van der Waals surface area contributed by atoms with Crippen LogP contribution in [0.15, 0.2) is 48.5 Å². The van der Waals surface area contributed by atoms with Gasteiger partial charge < -0.3 is 14.4 Å². The second-order valence-corrected chi connectivity index (χ2v) is 7.36. The van der Waals surface area contributed by atoms with Gasteiger partial charge in [0.1, 0.15) is 11.9 Å². The van der Waals surface area contributed by atoms with Gasteiger partial charge >= 0.3 is 18.4 Å². The van der Waals surface area contributed by atoms with Gasteiger partial charge in [0.05, 0.1) is 11.6 Å². The van der Waals surface area contributed by atoms with Crippen molar-refractivity contribution >= 4 is 6.09 Å². The van der Waals surface area contributed by atoms with Crippen LogP contribution in [0.25, 0.3) is 11.1 Å². The molecule has 33 heavy (non-hydrogen) atoms. The molecule has 1 aliphatic heterocycles. The summed E-state index contributed by atoms with van der Waals surface area (Å²) in [6.45, 7) is -0.204. The molecule has 0 bridgehead atoms. The number of piperidine rings is 1. The van der Waals surface area contributed by atoms with Gasteiger partial charge in [-0.15, -0.1) is 0 Å². The third-order valence-electron chi connectivity index (χ3n) is 5.02. The van der Waals surface area contributed by atoms with Gasteiger partial charge in [-0.1, -0.05) is 24.3 Å². The number of alkyl halides is 6. The van der Waals surface area contributed by atoms with Crippen LogP contribution in [0.3, 0.4) is 0 Å². The second-order valence-electron chi connectivity index (χ2n) is 7.36. The molecule has 1 aliphatic rings. The Hall–Kier alpha value is -3.42. The molecule has 1 saturated heterocycles. The number of halogens is 6. The Morgan fingerprint density at radius 3 is 1.85 bits per heavy atom. The minimum Gasteiger partial charge on any atom is -0.490 e. The van der Waals surface area contributed by atoms with E-state index in [1.165, 1.54) is 0 Å². The zero-order valence-corrected chi connectivity index (χ0v) is 17.0. The predicted octanol–water partition coefficient (Wildman–Crippen LogP) is 5.70. The highest BCUT2D eigenvalue weighted by atomic mass is 19.4. The van der Waals surface area contributed by atoms with Gasteiger partial charge in [0.15, 0.2) is 0 Å². The maximum absolute atomic E-state index is 12.6. The topological polar surface area (TPSA) is 62.6 Å². The third kappa shape index (κ3) is 6.31. The minimum absolute atomic E-state index is 0.102. The molecular formula is C22H18F6N2O3. The fourth-order valence-electron chi connectivity index (χ4n) is 3.31. The monoisotopic (exact) mass is 472 g/mol. The molecule has 2 aromatic rings. The smallest absolute Gasteiger partial charge is 0.434 e. The first kappa shape index (κ1) is 24.2. The lowest BCUT2D eigenvalue weighted by atomic mass is 10.0. The molecule has 0 radical (unpaired) electrons. The average Bonchev–Trinajstić information content (AvgIpc) is 2.77. The molecule has 176 valence electrons. The Kier molecular flexibility index (Phi) is 7.05. The standard InChI is InChI=1S/C22H18F6N2O3/c23-21(24,25)19(22(26,27)28)33-20(31)30-11-9-18(10-12-30)32-17-7-5-16(6-8-17)15-3-1-14(13-29)2-4-15/h1-8,18-19H,9-12H2. The van der Waals surface area contributed by atoms with E-state index in [1.807, 2.05) is 30.3 Å². The van der Waals surface area contributed by atoms with E-state index in [0.717, 1.165) is 16.0 Å². The summed E-state index contributed by atoms with van der Waals surface area (Å²) in [5.41, 5.74) is 2.35. The first-order valence-corrected chi connectivity index (χ1v) is 9.83. The molecule has 0 aromatic heterocycles. The summed E-state index contributed by atoms with van der Waals surface area (Å²) in [7, 11) is 0. The quantitative estimate of drug-likeness (QED) is 0.536. The van der Waals surface area contributed by atoms with E-state index < -0.39 is 24.5 Å². The molecule has 1 fully saturated rings. The van der Waals surface area contributed by atoms with E-state index in [9.17, 15) is 31.1 Å². The van der Waals surface area contributed by atoms with Gasteiger partial charge in [-0.25, -0.2) is 4.79 Å². The second kappa shape index (κ2) is 9.60. The van der Waals surface area contributed by atoms with Gasteiger partial charge in [0, 0.05) is 25.9 Å². The molecule has 2 aromatic carbocycles. The molecule has 0 spiro atoms. The maximum atomic E-state index is 12.6. The van der Waals surface area contributed by atoms with Gasteiger partial charge in [-0.3, -0.25) is 0 Å². The first-order chi connectivity index (χ1) is 15.5. The van der Waals surface area contributed by atoms with Crippen molar-refractivity contribution in [3.05, 3.63) is 54.1 Å². The van der Waals surface area contributed by atoms with Gasteiger partial charge in [-0.2, -0.15) is 31.6 Å². The van der Waals surface area contributed by atoms with E-state index in [0.29, 0.717) is 11.3 Å². The zero-order valence-electron chi connectivity index (χ0n) is 17.0. The van der Waals surface area contributed by atoms with Crippen molar-refractivity contribution in [3.8, 4) is 22.9 Å². The van der Waals surface area contributed by atoms with Crippen LogP contribution in [0.1, 0.15) is 18.4 Å². The van der Waals surface area contributed by atoms with Crippen molar-refractivity contribution in [2.45, 2.75) is 37.4 Å². The molecule has 3 rings (SSSR count). The van der Waals surface area contributed by atoms with Crippen LogP contribution < -0.4 is 4.74 Å². The highest BCUT2D eigenvalue weighted by Crippen LogP contribution is 2.36. The number of hydrogen-bond acceptors (Lipinski definition) is 4. The lowest BCUT2D eigenvalue weighted by Gasteiger charge is -2.33. The molecule has 5 nitrogen and oxygen atoms in total. The summed E-state index contributed by atoms with van der Waals surface area (Å²) >= 11 is 0. The number of benzene rings is 2. The number of carbonyl (C=O) groups is 1. The lowest BCUT2D eigenvalue weighted by Crippen LogP contribution is -2.50. The van der Waals surface area contributed by atoms with Gasteiger partial charge in [-0.05, 0) is 35.4 Å². The van der Waals surface area contributed by atoms with E-state index >= 15 is 0 Å². The summed E-state index contributed by atoms with van der Waals surface area (Å²) in [5.74, 6) is 0.530. The number of nitrogens with zero attached hydrogens (tertiary/aromatic N) is 2. The van der Waals surface area contributed by atoms with Gasteiger partial charge in [0.2, 0.25) is 0 Å². The Morgan fingerprint density at radius 1 is 0.909 bits per heavy atom. The average molecular weight is 472 g/mol. The van der Waals surface area contributed by atoms with Crippen LogP contribution >= 0.6 is 0 Å². The van der Waals surface area contributed by atoms with E-state index in [-0.39, 0.29) is 32.0 Å². The van der Waals surface area contributed by atoms with Crippen molar-refractivity contribution in [1.29, 1.82) is 5.26 Å². The number of hydrogen-bond donors (Lipinski definition) is 0. The van der Waals surface area contributed by atoms with Crippen LogP contribution in [0, 0.1) is 11.3 Å². The molecule has 0 aliphatic carbocycles. The highest BCUT2D eigenvalue weighted by molar-refractivity contribution is 5.68. The van der Waals surface area contributed by atoms with E-state index in [1.54, 1.807) is 24.3 Å². The van der Waals surface area contributed by atoms with Crippen LogP contribution in [0.5, 0.6) is 5.75 Å². The van der Waals surface area contributed by atoms with Crippen molar-refractivity contribution in [2.24, 2.45) is 0 Å². The Balaban J connectivity index is 1.52. The Labute approximate surface area is 185 Å². The summed E-state index contributed by atoms with van der Waals surface area (Å²) in [5, 5.41) is 8.86. The Morgan fingerprint density at radius 2 is 1.39 bits per heavy atom. The fourth-order valence-corrected chi connectivity index (χ4v) is 3.31. The molecular weight excluding hydrogens is 454 g/mol. The van der Waals surface area contributed by atoms with Gasteiger partial charge in [0.25, 0.3) is 6.10 Å². The van der Waals surface area contributed by atoms with E-state index in [2.05, 4.69) is 4.74 Å². The molecule has 0 unspecified atom stereocenters. The predicted molar refractivity (Wildman–Crippen MR) is 104 cm³/mol. The number of carbonyl (C=O) groups excluding carboxylic acids is 1. The normalized spacial score (nSPS) is 15.3. The maximum Gasteiger partial charge on any atom is 0.434 e. The molecule has 1 heterocycles. The SMILES string of the molecule is N#Cc1ccc(-c2ccc(OC3CCN(C(=O)OC(C(F)(F)F)C(F)(F)F)CC3)cc2)cc1. The lowest BCUT2D eigenvalue weighted by molar-refractivity contribution is -0.308. The minimum atomic E-state index is -5.75. The molecule has 0 atom stereocenters. The highest BCUT2D eigenvalue weighted by Gasteiger charge is 2.60. The van der Waals surface area contributed by atoms with Crippen LogP contribution in [-0.4, -0.2) is 48.6 Å².